The van der Waals surface area contributed by atoms with Crippen molar-refractivity contribution in [3.05, 3.63) is 0 Å². The fraction of sp³-hybridized carbons (Fsp3) is 1.00. The third kappa shape index (κ3) is 5.56. The van der Waals surface area contributed by atoms with Gasteiger partial charge in [-0.3, -0.25) is 0 Å². The zero-order valence-electron chi connectivity index (χ0n) is 8.85. The van der Waals surface area contributed by atoms with Crippen LogP contribution in [0.15, 0.2) is 0 Å². The molecule has 0 amide bonds. The molecule has 74 valence electrons. The molecule has 0 heterocycles. The molecule has 0 spiro atoms. The lowest BCUT2D eigenvalue weighted by atomic mass is 10.0. The average Bonchev–Trinajstić information content (AvgIpc) is 2.02. The molecule has 2 N–H and O–H groups in total. The molecule has 1 atom stereocenters. The molecule has 0 aromatic rings. The molecule has 12 heavy (non-hydrogen) atoms. The van der Waals surface area contributed by atoms with Gasteiger partial charge >= 0.3 is 0 Å². The Labute approximate surface area is 76.4 Å². The lowest BCUT2D eigenvalue weighted by molar-refractivity contribution is 0.183. The second-order valence-electron chi connectivity index (χ2n) is 4.32. The molecule has 0 unspecified atom stereocenters. The summed E-state index contributed by atoms with van der Waals surface area (Å²) in [5.74, 6) is 0.709. The van der Waals surface area contributed by atoms with Gasteiger partial charge in [0.05, 0.1) is 6.61 Å². The first-order valence-electron chi connectivity index (χ1n) is 4.87. The molecule has 0 aliphatic rings. The molecule has 0 rings (SSSR count). The van der Waals surface area contributed by atoms with Crippen LogP contribution in [0.25, 0.3) is 0 Å². The summed E-state index contributed by atoms with van der Waals surface area (Å²) >= 11 is 0. The number of nitrogens with one attached hydrogen (secondary N) is 1. The number of rotatable bonds is 6. The Morgan fingerprint density at radius 1 is 1.42 bits per heavy atom. The fourth-order valence-corrected chi connectivity index (χ4v) is 1.10. The minimum absolute atomic E-state index is 0.123. The molecule has 0 aromatic heterocycles. The molecule has 2 heteroatoms. The summed E-state index contributed by atoms with van der Waals surface area (Å²) in [6.45, 7) is 9.68. The Morgan fingerprint density at radius 2 is 2.00 bits per heavy atom. The van der Waals surface area contributed by atoms with Gasteiger partial charge in [0.15, 0.2) is 0 Å². The van der Waals surface area contributed by atoms with E-state index >= 15 is 0 Å². The third-order valence-electron chi connectivity index (χ3n) is 2.11. The highest BCUT2D eigenvalue weighted by atomic mass is 16.3. The van der Waals surface area contributed by atoms with Crippen LogP contribution in [0.3, 0.4) is 0 Å². The van der Waals surface area contributed by atoms with E-state index in [2.05, 4.69) is 19.2 Å². The van der Waals surface area contributed by atoms with Gasteiger partial charge < -0.3 is 10.4 Å². The Hall–Kier alpha value is -0.0800. The van der Waals surface area contributed by atoms with Crippen molar-refractivity contribution in [3.8, 4) is 0 Å². The molecular formula is C10H23NO. The van der Waals surface area contributed by atoms with Crippen molar-refractivity contribution in [3.63, 3.8) is 0 Å². The highest BCUT2D eigenvalue weighted by Gasteiger charge is 2.15. The van der Waals surface area contributed by atoms with Gasteiger partial charge in [-0.15, -0.1) is 0 Å². The summed E-state index contributed by atoms with van der Waals surface area (Å²) in [5, 5.41) is 12.3. The number of hydrogen-bond donors (Lipinski definition) is 2. The maximum atomic E-state index is 8.97. The van der Waals surface area contributed by atoms with E-state index in [1.54, 1.807) is 0 Å². The summed E-state index contributed by atoms with van der Waals surface area (Å²) < 4.78 is 0. The van der Waals surface area contributed by atoms with Crippen LogP contribution < -0.4 is 5.32 Å². The van der Waals surface area contributed by atoms with E-state index in [0.29, 0.717) is 5.92 Å². The van der Waals surface area contributed by atoms with Gasteiger partial charge in [0, 0.05) is 5.54 Å². The average molecular weight is 173 g/mol. The maximum Gasteiger partial charge on any atom is 0.0607 e. The summed E-state index contributed by atoms with van der Waals surface area (Å²) in [6.07, 6.45) is 2.50. The van der Waals surface area contributed by atoms with Crippen LogP contribution in [0.4, 0.5) is 0 Å². The largest absolute Gasteiger partial charge is 0.394 e. The molecule has 0 aliphatic heterocycles. The summed E-state index contributed by atoms with van der Waals surface area (Å²) in [5.41, 5.74) is -0.123. The molecular weight excluding hydrogens is 150 g/mol. The molecule has 0 radical (unpaired) electrons. The van der Waals surface area contributed by atoms with E-state index in [9.17, 15) is 0 Å². The minimum atomic E-state index is -0.123. The first-order chi connectivity index (χ1) is 5.52. The quantitative estimate of drug-likeness (QED) is 0.642. The van der Waals surface area contributed by atoms with E-state index in [1.807, 2.05) is 13.8 Å². The zero-order chi connectivity index (χ0) is 9.61. The van der Waals surface area contributed by atoms with Crippen molar-refractivity contribution in [2.45, 2.75) is 46.1 Å². The smallest absolute Gasteiger partial charge is 0.0607 e. The van der Waals surface area contributed by atoms with Crippen LogP contribution in [0, 0.1) is 5.92 Å². The van der Waals surface area contributed by atoms with Gasteiger partial charge in [0.1, 0.15) is 0 Å². The lowest BCUT2D eigenvalue weighted by Crippen LogP contribution is -2.44. The van der Waals surface area contributed by atoms with Crippen LogP contribution in [0.2, 0.25) is 0 Å². The van der Waals surface area contributed by atoms with E-state index < -0.39 is 0 Å². The molecule has 0 bridgehead atoms. The van der Waals surface area contributed by atoms with E-state index in [0.717, 1.165) is 6.54 Å². The van der Waals surface area contributed by atoms with E-state index in [-0.39, 0.29) is 12.1 Å². The lowest BCUT2D eigenvalue weighted by Gasteiger charge is -2.25. The van der Waals surface area contributed by atoms with Crippen LogP contribution in [0.1, 0.15) is 40.5 Å². The van der Waals surface area contributed by atoms with Crippen molar-refractivity contribution >= 4 is 0 Å². The summed E-state index contributed by atoms with van der Waals surface area (Å²) in [7, 11) is 0. The van der Waals surface area contributed by atoms with Crippen LogP contribution >= 0.6 is 0 Å². The normalized spacial score (nSPS) is 14.8. The minimum Gasteiger partial charge on any atom is -0.394 e. The van der Waals surface area contributed by atoms with Crippen LogP contribution in [-0.2, 0) is 0 Å². The first-order valence-corrected chi connectivity index (χ1v) is 4.87. The monoisotopic (exact) mass is 173 g/mol. The van der Waals surface area contributed by atoms with Crippen molar-refractivity contribution in [1.82, 2.24) is 5.32 Å². The SMILES string of the molecule is CCC[C@H](C)CNC(C)(C)CO. The number of aliphatic hydroxyl groups is 1. The standard InChI is InChI=1S/C10H23NO/c1-5-6-9(2)7-11-10(3,4)8-12/h9,11-12H,5-8H2,1-4H3/t9-/m0/s1. The number of aliphatic hydroxyl groups excluding tert-OH is 1. The summed E-state index contributed by atoms with van der Waals surface area (Å²) in [6, 6.07) is 0. The number of hydrogen-bond acceptors (Lipinski definition) is 2. The second kappa shape index (κ2) is 5.55. The van der Waals surface area contributed by atoms with Gasteiger partial charge in [0.25, 0.3) is 0 Å². The molecule has 0 aromatic carbocycles. The molecule has 0 saturated heterocycles. The van der Waals surface area contributed by atoms with Crippen LogP contribution in [0.5, 0.6) is 0 Å². The Bertz CT molecular complexity index is 112. The van der Waals surface area contributed by atoms with Gasteiger partial charge in [0.2, 0.25) is 0 Å². The van der Waals surface area contributed by atoms with Crippen molar-refractivity contribution < 1.29 is 5.11 Å². The first kappa shape index (κ1) is 11.9. The Morgan fingerprint density at radius 3 is 2.42 bits per heavy atom. The van der Waals surface area contributed by atoms with E-state index in [1.165, 1.54) is 12.8 Å². The van der Waals surface area contributed by atoms with Crippen LogP contribution in [-0.4, -0.2) is 23.8 Å². The zero-order valence-corrected chi connectivity index (χ0v) is 8.85. The molecule has 0 aliphatic carbocycles. The fourth-order valence-electron chi connectivity index (χ4n) is 1.10. The Balaban J connectivity index is 3.52. The molecule has 0 saturated carbocycles. The molecule has 2 nitrogen and oxygen atoms in total. The predicted molar refractivity (Wildman–Crippen MR) is 53.2 cm³/mol. The van der Waals surface area contributed by atoms with Crippen molar-refractivity contribution in [2.75, 3.05) is 13.2 Å². The van der Waals surface area contributed by atoms with Gasteiger partial charge in [-0.05, 0) is 32.7 Å². The topological polar surface area (TPSA) is 32.3 Å². The maximum absolute atomic E-state index is 8.97. The molecule has 0 fully saturated rings. The predicted octanol–water partition coefficient (Wildman–Crippen LogP) is 1.78. The van der Waals surface area contributed by atoms with Gasteiger partial charge in [-0.25, -0.2) is 0 Å². The van der Waals surface area contributed by atoms with Crippen molar-refractivity contribution in [1.29, 1.82) is 0 Å². The highest BCUT2D eigenvalue weighted by Crippen LogP contribution is 2.06. The highest BCUT2D eigenvalue weighted by molar-refractivity contribution is 4.76. The van der Waals surface area contributed by atoms with Crippen molar-refractivity contribution in [2.24, 2.45) is 5.92 Å². The summed E-state index contributed by atoms with van der Waals surface area (Å²) in [4.78, 5) is 0. The Kier molecular flexibility index (Phi) is 5.51. The third-order valence-corrected chi connectivity index (χ3v) is 2.11. The van der Waals surface area contributed by atoms with Gasteiger partial charge in [-0.2, -0.15) is 0 Å². The van der Waals surface area contributed by atoms with Gasteiger partial charge in [-0.1, -0.05) is 20.3 Å². The van der Waals surface area contributed by atoms with E-state index in [4.69, 9.17) is 5.11 Å². The second-order valence-corrected chi connectivity index (χ2v) is 4.32.